The highest BCUT2D eigenvalue weighted by Crippen LogP contribution is 2.31. The lowest BCUT2D eigenvalue weighted by Crippen LogP contribution is -2.37. The Kier molecular flexibility index (Phi) is 1.29. The van der Waals surface area contributed by atoms with Crippen molar-refractivity contribution in [3.8, 4) is 0 Å². The van der Waals surface area contributed by atoms with Crippen LogP contribution in [0.4, 0.5) is 0 Å². The van der Waals surface area contributed by atoms with Gasteiger partial charge in [-0.2, -0.15) is 0 Å². The first-order chi connectivity index (χ1) is 6.36. The van der Waals surface area contributed by atoms with Gasteiger partial charge in [-0.3, -0.25) is 9.89 Å². The molecule has 1 aliphatic carbocycles. The SMILES string of the molecule is O=c1[nH][nH]c2c1CNC1CC=CC21. The van der Waals surface area contributed by atoms with E-state index in [2.05, 4.69) is 27.7 Å². The van der Waals surface area contributed by atoms with Gasteiger partial charge in [-0.05, 0) is 6.42 Å². The Morgan fingerprint density at radius 1 is 1.38 bits per heavy atom. The molecule has 4 heteroatoms. The lowest BCUT2D eigenvalue weighted by molar-refractivity contribution is 0.460. The molecule has 3 N–H and O–H groups in total. The first-order valence-electron chi connectivity index (χ1n) is 4.56. The van der Waals surface area contributed by atoms with Gasteiger partial charge in [0, 0.05) is 24.2 Å². The van der Waals surface area contributed by atoms with Crippen molar-refractivity contribution in [3.05, 3.63) is 33.8 Å². The highest BCUT2D eigenvalue weighted by molar-refractivity contribution is 5.32. The maximum Gasteiger partial charge on any atom is 0.268 e. The Morgan fingerprint density at radius 2 is 2.31 bits per heavy atom. The summed E-state index contributed by atoms with van der Waals surface area (Å²) in [6.45, 7) is 0.691. The van der Waals surface area contributed by atoms with Crippen LogP contribution in [0.15, 0.2) is 16.9 Å². The lowest BCUT2D eigenvalue weighted by Gasteiger charge is -2.25. The van der Waals surface area contributed by atoms with Gasteiger partial charge in [0.25, 0.3) is 5.56 Å². The third-order valence-corrected chi connectivity index (χ3v) is 2.95. The van der Waals surface area contributed by atoms with Gasteiger partial charge < -0.3 is 10.4 Å². The van der Waals surface area contributed by atoms with E-state index in [-0.39, 0.29) is 5.56 Å². The largest absolute Gasteiger partial charge is 0.308 e. The van der Waals surface area contributed by atoms with E-state index in [0.717, 1.165) is 17.7 Å². The molecule has 0 fully saturated rings. The van der Waals surface area contributed by atoms with Crippen LogP contribution in [0.5, 0.6) is 0 Å². The quantitative estimate of drug-likeness (QED) is 0.496. The number of fused-ring (bicyclic) bond motifs is 3. The van der Waals surface area contributed by atoms with Gasteiger partial charge >= 0.3 is 0 Å². The summed E-state index contributed by atoms with van der Waals surface area (Å²) in [6.07, 6.45) is 5.40. The molecule has 1 aromatic heterocycles. The maximum absolute atomic E-state index is 11.3. The molecule has 13 heavy (non-hydrogen) atoms. The zero-order valence-electron chi connectivity index (χ0n) is 7.13. The number of rotatable bonds is 0. The fourth-order valence-electron chi connectivity index (χ4n) is 2.25. The van der Waals surface area contributed by atoms with Crippen molar-refractivity contribution in [3.63, 3.8) is 0 Å². The number of hydrogen-bond donors (Lipinski definition) is 3. The normalized spacial score (nSPS) is 30.2. The maximum atomic E-state index is 11.3. The molecular weight excluding hydrogens is 166 g/mol. The van der Waals surface area contributed by atoms with Crippen LogP contribution >= 0.6 is 0 Å². The molecule has 3 rings (SSSR count). The van der Waals surface area contributed by atoms with E-state index in [0.29, 0.717) is 18.5 Å². The van der Waals surface area contributed by atoms with Gasteiger partial charge in [0.05, 0.1) is 5.56 Å². The number of nitrogens with one attached hydrogen (secondary N) is 3. The molecule has 2 atom stereocenters. The van der Waals surface area contributed by atoms with Crippen molar-refractivity contribution in [1.29, 1.82) is 0 Å². The second-order valence-electron chi connectivity index (χ2n) is 3.65. The molecule has 1 aromatic rings. The number of hydrogen-bond acceptors (Lipinski definition) is 2. The molecular formula is C9H11N3O. The standard InChI is InChI=1S/C9H11N3O/c13-9-6-4-10-7-3-1-2-5(7)8(6)11-12-9/h1-2,5,7,10H,3-4H2,(H2,11,12,13). The summed E-state index contributed by atoms with van der Waals surface area (Å²) in [5.41, 5.74) is 1.96. The number of H-pyrrole nitrogens is 2. The number of aromatic nitrogens is 2. The molecule has 2 unspecified atom stereocenters. The summed E-state index contributed by atoms with van der Waals surface area (Å²) in [7, 11) is 0. The molecule has 4 nitrogen and oxygen atoms in total. The molecule has 0 bridgehead atoms. The van der Waals surface area contributed by atoms with E-state index >= 15 is 0 Å². The Balaban J connectivity index is 2.16. The van der Waals surface area contributed by atoms with Crippen LogP contribution in [0.3, 0.4) is 0 Å². The first-order valence-corrected chi connectivity index (χ1v) is 4.56. The zero-order chi connectivity index (χ0) is 8.84. The monoisotopic (exact) mass is 177 g/mol. The molecule has 0 spiro atoms. The zero-order valence-corrected chi connectivity index (χ0v) is 7.13. The highest BCUT2D eigenvalue weighted by atomic mass is 16.1. The first kappa shape index (κ1) is 7.15. The van der Waals surface area contributed by atoms with E-state index in [1.165, 1.54) is 0 Å². The molecule has 0 aromatic carbocycles. The third kappa shape index (κ3) is 0.862. The summed E-state index contributed by atoms with van der Waals surface area (Å²) in [4.78, 5) is 11.3. The van der Waals surface area contributed by atoms with Gasteiger partial charge in [-0.15, -0.1) is 0 Å². The fraction of sp³-hybridized carbons (Fsp3) is 0.444. The topological polar surface area (TPSA) is 60.7 Å². The van der Waals surface area contributed by atoms with Crippen LogP contribution in [0.25, 0.3) is 0 Å². The van der Waals surface area contributed by atoms with Gasteiger partial charge in [0.1, 0.15) is 0 Å². The predicted octanol–water partition coefficient (Wildman–Crippen LogP) is 0.218. The Hall–Kier alpha value is -1.29. The smallest absolute Gasteiger partial charge is 0.268 e. The molecule has 0 saturated heterocycles. The average molecular weight is 177 g/mol. The van der Waals surface area contributed by atoms with Gasteiger partial charge in [0.15, 0.2) is 0 Å². The second kappa shape index (κ2) is 2.35. The van der Waals surface area contributed by atoms with Gasteiger partial charge in [-0.25, -0.2) is 0 Å². The van der Waals surface area contributed by atoms with Crippen molar-refractivity contribution >= 4 is 0 Å². The summed E-state index contributed by atoms with van der Waals surface area (Å²) >= 11 is 0. The highest BCUT2D eigenvalue weighted by Gasteiger charge is 2.32. The molecule has 2 heterocycles. The van der Waals surface area contributed by atoms with Crippen LogP contribution in [-0.2, 0) is 6.54 Å². The van der Waals surface area contributed by atoms with Crippen molar-refractivity contribution in [1.82, 2.24) is 15.5 Å². The fourth-order valence-corrected chi connectivity index (χ4v) is 2.25. The molecule has 0 amide bonds. The van der Waals surface area contributed by atoms with Crippen molar-refractivity contribution in [2.75, 3.05) is 0 Å². The molecule has 0 radical (unpaired) electrons. The third-order valence-electron chi connectivity index (χ3n) is 2.95. The van der Waals surface area contributed by atoms with E-state index in [9.17, 15) is 4.79 Å². The summed E-state index contributed by atoms with van der Waals surface area (Å²) in [5, 5.41) is 8.97. The summed E-state index contributed by atoms with van der Waals surface area (Å²) < 4.78 is 0. The lowest BCUT2D eigenvalue weighted by atomic mass is 9.93. The van der Waals surface area contributed by atoms with Crippen LogP contribution < -0.4 is 10.9 Å². The molecule has 0 saturated carbocycles. The van der Waals surface area contributed by atoms with E-state index in [4.69, 9.17) is 0 Å². The minimum Gasteiger partial charge on any atom is -0.308 e. The van der Waals surface area contributed by atoms with Crippen LogP contribution in [-0.4, -0.2) is 16.2 Å². The minimum atomic E-state index is 0.0150. The molecule has 1 aliphatic heterocycles. The van der Waals surface area contributed by atoms with Crippen LogP contribution in [0.2, 0.25) is 0 Å². The van der Waals surface area contributed by atoms with Gasteiger partial charge in [-0.1, -0.05) is 12.2 Å². The van der Waals surface area contributed by atoms with Crippen LogP contribution in [0, 0.1) is 0 Å². The Bertz CT molecular complexity index is 415. The minimum absolute atomic E-state index is 0.0150. The summed E-state index contributed by atoms with van der Waals surface area (Å²) in [5.74, 6) is 0.364. The van der Waals surface area contributed by atoms with E-state index in [1.54, 1.807) is 0 Å². The molecule has 2 aliphatic rings. The van der Waals surface area contributed by atoms with E-state index < -0.39 is 0 Å². The van der Waals surface area contributed by atoms with E-state index in [1.807, 2.05) is 0 Å². The predicted molar refractivity (Wildman–Crippen MR) is 48.5 cm³/mol. The van der Waals surface area contributed by atoms with Crippen molar-refractivity contribution in [2.24, 2.45) is 0 Å². The van der Waals surface area contributed by atoms with Crippen molar-refractivity contribution in [2.45, 2.75) is 24.9 Å². The Morgan fingerprint density at radius 3 is 3.23 bits per heavy atom. The second-order valence-corrected chi connectivity index (χ2v) is 3.65. The van der Waals surface area contributed by atoms with Crippen molar-refractivity contribution < 1.29 is 0 Å². The Labute approximate surface area is 75.0 Å². The molecule has 68 valence electrons. The number of aromatic amines is 2. The average Bonchev–Trinajstić information content (AvgIpc) is 2.70. The summed E-state index contributed by atoms with van der Waals surface area (Å²) in [6, 6.07) is 0.485. The van der Waals surface area contributed by atoms with Crippen LogP contribution in [0.1, 0.15) is 23.6 Å². The van der Waals surface area contributed by atoms with Gasteiger partial charge in [0.2, 0.25) is 0 Å².